The van der Waals surface area contributed by atoms with E-state index in [1.807, 2.05) is 0 Å². The first-order chi connectivity index (χ1) is 17.0. The summed E-state index contributed by atoms with van der Waals surface area (Å²) in [5.74, 6) is -1.63. The second-order valence-corrected chi connectivity index (χ2v) is 11.6. The highest BCUT2D eigenvalue weighted by molar-refractivity contribution is 8.09. The molecule has 0 bridgehead atoms. The summed E-state index contributed by atoms with van der Waals surface area (Å²) in [6.07, 6.45) is -1.51. The van der Waals surface area contributed by atoms with E-state index < -0.39 is 48.0 Å². The molecule has 5 atom stereocenters. The molecule has 1 saturated heterocycles. The number of esters is 1. The van der Waals surface area contributed by atoms with Crippen LogP contribution < -0.4 is 20.9 Å². The molecule has 1 aliphatic heterocycles. The van der Waals surface area contributed by atoms with Crippen molar-refractivity contribution < 1.29 is 33.2 Å². The first kappa shape index (κ1) is 28.2. The molecule has 1 fully saturated rings. The highest BCUT2D eigenvalue weighted by Crippen LogP contribution is 2.48. The Bertz CT molecular complexity index is 1200. The van der Waals surface area contributed by atoms with Gasteiger partial charge in [0.2, 0.25) is 0 Å². The lowest BCUT2D eigenvalue weighted by atomic mass is 10.1. The fourth-order valence-electron chi connectivity index (χ4n) is 3.44. The zero-order chi connectivity index (χ0) is 26.5. The summed E-state index contributed by atoms with van der Waals surface area (Å²) in [4.78, 5) is 38.1. The summed E-state index contributed by atoms with van der Waals surface area (Å²) in [6, 6.07) is 8.96. The number of nitrogens with one attached hydrogen (secondary N) is 2. The van der Waals surface area contributed by atoms with Gasteiger partial charge in [-0.15, -0.1) is 0 Å². The number of para-hydroxylation sites is 1. The van der Waals surface area contributed by atoms with Gasteiger partial charge in [0.1, 0.15) is 24.5 Å². The van der Waals surface area contributed by atoms with Crippen LogP contribution in [0, 0.1) is 0 Å². The Balaban J connectivity index is 1.81. The van der Waals surface area contributed by atoms with Crippen molar-refractivity contribution in [2.75, 3.05) is 13.7 Å². The molecule has 3 rings (SSSR count). The smallest absolute Gasteiger partial charge is 0.330 e. The van der Waals surface area contributed by atoms with Crippen molar-refractivity contribution in [2.45, 2.75) is 57.5 Å². The number of carbonyl (C=O) groups excluding carboxylic acids is 1. The van der Waals surface area contributed by atoms with E-state index in [-0.39, 0.29) is 19.1 Å². The number of hydrogen-bond donors (Lipinski definition) is 3. The average molecular weight is 544 g/mol. The number of nitrogens with zero attached hydrogens (tertiary/aromatic N) is 1. The summed E-state index contributed by atoms with van der Waals surface area (Å²) in [5.41, 5.74) is -1.34. The summed E-state index contributed by atoms with van der Waals surface area (Å²) < 4.78 is 29.7. The molecule has 5 unspecified atom stereocenters. The van der Waals surface area contributed by atoms with Gasteiger partial charge in [-0.25, -0.2) is 9.88 Å². The molecule has 1 aromatic carbocycles. The third kappa shape index (κ3) is 7.10. The lowest BCUT2D eigenvalue weighted by Gasteiger charge is -2.32. The van der Waals surface area contributed by atoms with Crippen molar-refractivity contribution in [1.82, 2.24) is 14.6 Å². The standard InChI is InChI=1S/C22H30N3O9PS/c1-14(2)32-20(28)15(3)24-35(36,34-16-8-6-5-7-9-16)31-13-22(30-4)12-17(26)19(33-22)25-11-10-18(27)23-21(25)29/h5-11,14-15,17,19,26H,12-13H2,1-4H3,(H,24,36)(H,23,27,29). The fraction of sp³-hybridized carbons (Fsp3) is 0.500. The van der Waals surface area contributed by atoms with Crippen LogP contribution in [0.4, 0.5) is 0 Å². The van der Waals surface area contributed by atoms with Gasteiger partial charge < -0.3 is 28.4 Å². The normalized spacial score (nSPS) is 24.3. The van der Waals surface area contributed by atoms with E-state index in [4.69, 9.17) is 35.1 Å². The van der Waals surface area contributed by atoms with Gasteiger partial charge in [0.15, 0.2) is 12.0 Å². The van der Waals surface area contributed by atoms with Crippen LogP contribution in [0.1, 0.15) is 33.4 Å². The topological polar surface area (TPSA) is 150 Å². The Labute approximate surface area is 212 Å². The minimum Gasteiger partial charge on any atom is -0.462 e. The van der Waals surface area contributed by atoms with Crippen LogP contribution in [0.15, 0.2) is 52.2 Å². The zero-order valence-electron chi connectivity index (χ0n) is 20.3. The number of rotatable bonds is 11. The Morgan fingerprint density at radius 2 is 2.00 bits per heavy atom. The van der Waals surface area contributed by atoms with E-state index in [1.165, 1.54) is 13.3 Å². The van der Waals surface area contributed by atoms with Gasteiger partial charge in [0, 0.05) is 25.8 Å². The van der Waals surface area contributed by atoms with Gasteiger partial charge in [0.25, 0.3) is 5.56 Å². The van der Waals surface area contributed by atoms with Crippen LogP contribution >= 0.6 is 6.64 Å². The van der Waals surface area contributed by atoms with Gasteiger partial charge in [-0.1, -0.05) is 18.2 Å². The number of aliphatic hydroxyl groups excluding tert-OH is 1. The average Bonchev–Trinajstić information content (AvgIpc) is 3.14. The van der Waals surface area contributed by atoms with Crippen LogP contribution in [0.2, 0.25) is 0 Å². The van der Waals surface area contributed by atoms with Crippen molar-refractivity contribution in [3.8, 4) is 5.75 Å². The molecular formula is C22H30N3O9PS. The molecule has 198 valence electrons. The predicted molar refractivity (Wildman–Crippen MR) is 133 cm³/mol. The summed E-state index contributed by atoms with van der Waals surface area (Å²) in [6.45, 7) is 1.32. The quantitative estimate of drug-likeness (QED) is 0.279. The summed E-state index contributed by atoms with van der Waals surface area (Å²) in [7, 11) is 1.35. The van der Waals surface area contributed by atoms with E-state index in [1.54, 1.807) is 51.1 Å². The number of hydrogen-bond acceptors (Lipinski definition) is 10. The third-order valence-corrected chi connectivity index (χ3v) is 7.64. The molecule has 0 amide bonds. The van der Waals surface area contributed by atoms with Gasteiger partial charge >= 0.3 is 18.3 Å². The molecule has 0 saturated carbocycles. The Hall–Kier alpha value is -2.38. The van der Waals surface area contributed by atoms with Crippen LogP contribution in [0.3, 0.4) is 0 Å². The number of ether oxygens (including phenoxy) is 3. The molecule has 1 aliphatic rings. The number of benzene rings is 1. The maximum Gasteiger partial charge on any atom is 0.330 e. The second-order valence-electron chi connectivity index (χ2n) is 8.42. The molecule has 3 N–H and O–H groups in total. The van der Waals surface area contributed by atoms with Gasteiger partial charge in [-0.2, -0.15) is 0 Å². The zero-order valence-corrected chi connectivity index (χ0v) is 22.0. The number of aliphatic hydroxyl groups is 1. The van der Waals surface area contributed by atoms with Crippen LogP contribution in [-0.4, -0.2) is 58.4 Å². The molecule has 0 aliphatic carbocycles. The van der Waals surface area contributed by atoms with Crippen LogP contribution in [0.5, 0.6) is 5.75 Å². The Kier molecular flexibility index (Phi) is 9.23. The van der Waals surface area contributed by atoms with Crippen molar-refractivity contribution in [1.29, 1.82) is 0 Å². The molecule has 36 heavy (non-hydrogen) atoms. The maximum absolute atomic E-state index is 12.4. The van der Waals surface area contributed by atoms with Gasteiger partial charge in [0.05, 0.1) is 6.10 Å². The second kappa shape index (κ2) is 11.8. The number of aromatic amines is 1. The molecular weight excluding hydrogens is 513 g/mol. The Morgan fingerprint density at radius 3 is 2.61 bits per heavy atom. The van der Waals surface area contributed by atoms with Crippen LogP contribution in [0.25, 0.3) is 0 Å². The number of aromatic nitrogens is 2. The molecule has 0 spiro atoms. The molecule has 2 aromatic rings. The number of carbonyl (C=O) groups is 1. The minimum atomic E-state index is -3.41. The van der Waals surface area contributed by atoms with Crippen molar-refractivity contribution in [3.63, 3.8) is 0 Å². The van der Waals surface area contributed by atoms with Crippen molar-refractivity contribution >= 4 is 24.4 Å². The van der Waals surface area contributed by atoms with Gasteiger partial charge in [-0.3, -0.25) is 19.1 Å². The maximum atomic E-state index is 12.4. The monoisotopic (exact) mass is 543 g/mol. The lowest BCUT2D eigenvalue weighted by Crippen LogP contribution is -2.40. The third-order valence-electron chi connectivity index (χ3n) is 5.16. The number of H-pyrrole nitrogens is 1. The summed E-state index contributed by atoms with van der Waals surface area (Å²) >= 11 is 5.69. The number of methoxy groups -OCH3 is 1. The van der Waals surface area contributed by atoms with Crippen LogP contribution in [-0.2, 0) is 35.3 Å². The van der Waals surface area contributed by atoms with E-state index in [0.717, 1.165) is 10.6 Å². The minimum absolute atomic E-state index is 0.0780. The van der Waals surface area contributed by atoms with E-state index in [2.05, 4.69) is 10.1 Å². The first-order valence-electron chi connectivity index (χ1n) is 11.2. The summed E-state index contributed by atoms with van der Waals surface area (Å²) in [5, 5.41) is 13.6. The van der Waals surface area contributed by atoms with Crippen molar-refractivity contribution in [2.24, 2.45) is 0 Å². The Morgan fingerprint density at radius 1 is 1.31 bits per heavy atom. The van der Waals surface area contributed by atoms with E-state index >= 15 is 0 Å². The molecule has 1 aromatic heterocycles. The molecule has 2 heterocycles. The SMILES string of the molecule is COC1(COP(=S)(NC(C)C(=O)OC(C)C)Oc2ccccc2)CC(O)C(n2ccc(=O)[nH]c2=O)O1. The van der Waals surface area contributed by atoms with E-state index in [9.17, 15) is 19.5 Å². The van der Waals surface area contributed by atoms with Crippen molar-refractivity contribution in [3.05, 3.63) is 63.4 Å². The molecule has 14 heteroatoms. The predicted octanol–water partition coefficient (Wildman–Crippen LogP) is 1.41. The largest absolute Gasteiger partial charge is 0.462 e. The molecule has 12 nitrogen and oxygen atoms in total. The van der Waals surface area contributed by atoms with Gasteiger partial charge in [-0.05, 0) is 44.7 Å². The van der Waals surface area contributed by atoms with E-state index in [0.29, 0.717) is 5.75 Å². The fourth-order valence-corrected chi connectivity index (χ4v) is 5.85. The highest BCUT2D eigenvalue weighted by Gasteiger charge is 2.49. The lowest BCUT2D eigenvalue weighted by molar-refractivity contribution is -0.240. The highest BCUT2D eigenvalue weighted by atomic mass is 32.5. The first-order valence-corrected chi connectivity index (χ1v) is 13.8. The molecule has 0 radical (unpaired) electrons.